The van der Waals surface area contributed by atoms with Crippen LogP contribution in [-0.2, 0) is 22.1 Å². The number of urea groups is 1. The van der Waals surface area contributed by atoms with Gasteiger partial charge in [-0.05, 0) is 30.2 Å². The number of alkyl halides is 3. The van der Waals surface area contributed by atoms with Crippen molar-refractivity contribution >= 4 is 11.9 Å². The van der Waals surface area contributed by atoms with Gasteiger partial charge >= 0.3 is 12.2 Å². The quantitative estimate of drug-likeness (QED) is 0.709. The van der Waals surface area contributed by atoms with E-state index in [1.54, 1.807) is 11.8 Å². The van der Waals surface area contributed by atoms with Crippen LogP contribution in [0, 0.1) is 0 Å². The fourth-order valence-electron chi connectivity index (χ4n) is 3.49. The molecule has 2 aromatic rings. The Hall–Kier alpha value is -3.07. The van der Waals surface area contributed by atoms with Gasteiger partial charge in [-0.15, -0.1) is 0 Å². The molecule has 0 aromatic heterocycles. The molecule has 172 valence electrons. The van der Waals surface area contributed by atoms with Crippen LogP contribution in [0.4, 0.5) is 18.0 Å². The number of ether oxygens (including phenoxy) is 1. The van der Waals surface area contributed by atoms with Gasteiger partial charge in [0.05, 0.1) is 24.8 Å². The highest BCUT2D eigenvalue weighted by molar-refractivity contribution is 5.87. The van der Waals surface area contributed by atoms with Crippen molar-refractivity contribution in [3.05, 3.63) is 71.3 Å². The minimum absolute atomic E-state index is 0.200. The van der Waals surface area contributed by atoms with Crippen molar-refractivity contribution in [2.75, 3.05) is 26.3 Å². The Morgan fingerprint density at radius 3 is 2.22 bits per heavy atom. The van der Waals surface area contributed by atoms with Crippen molar-refractivity contribution in [2.24, 2.45) is 0 Å². The van der Waals surface area contributed by atoms with Crippen LogP contribution in [0.15, 0.2) is 54.6 Å². The second-order valence-corrected chi connectivity index (χ2v) is 7.64. The normalized spacial score (nSPS) is 16.2. The fourth-order valence-corrected chi connectivity index (χ4v) is 3.49. The highest BCUT2D eigenvalue weighted by Crippen LogP contribution is 2.29. The largest absolute Gasteiger partial charge is 0.416 e. The first-order chi connectivity index (χ1) is 15.2. The van der Waals surface area contributed by atoms with E-state index in [-0.39, 0.29) is 5.91 Å². The predicted molar refractivity (Wildman–Crippen MR) is 113 cm³/mol. The van der Waals surface area contributed by atoms with Crippen LogP contribution in [0.25, 0.3) is 0 Å². The molecule has 9 heteroatoms. The van der Waals surface area contributed by atoms with Gasteiger partial charge in [0.15, 0.2) is 0 Å². The summed E-state index contributed by atoms with van der Waals surface area (Å²) in [4.78, 5) is 27.4. The molecule has 2 atom stereocenters. The lowest BCUT2D eigenvalue weighted by atomic mass is 10.0. The van der Waals surface area contributed by atoms with Gasteiger partial charge in [-0.2, -0.15) is 13.2 Å². The molecule has 32 heavy (non-hydrogen) atoms. The summed E-state index contributed by atoms with van der Waals surface area (Å²) in [5.74, 6) is -0.200. The number of hydrogen-bond acceptors (Lipinski definition) is 3. The molecule has 0 aliphatic carbocycles. The summed E-state index contributed by atoms with van der Waals surface area (Å²) in [7, 11) is 0. The van der Waals surface area contributed by atoms with Crippen molar-refractivity contribution < 1.29 is 27.5 Å². The second kappa shape index (κ2) is 10.5. The topological polar surface area (TPSA) is 70.7 Å². The Labute approximate surface area is 184 Å². The van der Waals surface area contributed by atoms with E-state index < -0.39 is 29.9 Å². The van der Waals surface area contributed by atoms with Gasteiger partial charge < -0.3 is 20.3 Å². The number of nitrogens with zero attached hydrogens (tertiary/aromatic N) is 1. The Bertz CT molecular complexity index is 898. The molecule has 6 nitrogen and oxygen atoms in total. The van der Waals surface area contributed by atoms with E-state index in [2.05, 4.69) is 10.6 Å². The maximum absolute atomic E-state index is 13.0. The van der Waals surface area contributed by atoms with E-state index in [0.717, 1.165) is 17.7 Å². The molecule has 3 amide bonds. The average molecular weight is 449 g/mol. The predicted octanol–water partition coefficient (Wildman–Crippen LogP) is 3.54. The molecular weight excluding hydrogens is 423 g/mol. The maximum atomic E-state index is 13.0. The van der Waals surface area contributed by atoms with Crippen LogP contribution < -0.4 is 10.6 Å². The lowest BCUT2D eigenvalue weighted by molar-refractivity contribution is -0.138. The van der Waals surface area contributed by atoms with Crippen LogP contribution >= 0.6 is 0 Å². The van der Waals surface area contributed by atoms with Crippen LogP contribution in [0.5, 0.6) is 0 Å². The average Bonchev–Trinajstić information content (AvgIpc) is 2.79. The van der Waals surface area contributed by atoms with Gasteiger partial charge in [-0.3, -0.25) is 4.79 Å². The third-order valence-corrected chi connectivity index (χ3v) is 5.29. The number of hydrogen-bond donors (Lipinski definition) is 2. The molecular formula is C23H26F3N3O3. The lowest BCUT2D eigenvalue weighted by Gasteiger charge is -2.31. The Morgan fingerprint density at radius 1 is 1.00 bits per heavy atom. The van der Waals surface area contributed by atoms with Crippen molar-refractivity contribution in [3.63, 3.8) is 0 Å². The maximum Gasteiger partial charge on any atom is 0.416 e. The van der Waals surface area contributed by atoms with Gasteiger partial charge in [0.25, 0.3) is 0 Å². The number of carbonyl (C=O) groups excluding carboxylic acids is 2. The first-order valence-corrected chi connectivity index (χ1v) is 10.4. The highest BCUT2D eigenvalue weighted by atomic mass is 19.4. The highest BCUT2D eigenvalue weighted by Gasteiger charge is 2.30. The number of morpholine rings is 1. The van der Waals surface area contributed by atoms with E-state index in [0.29, 0.717) is 38.3 Å². The smallest absolute Gasteiger partial charge is 0.378 e. The summed E-state index contributed by atoms with van der Waals surface area (Å²) >= 11 is 0. The van der Waals surface area contributed by atoms with E-state index in [1.165, 1.54) is 12.1 Å². The Morgan fingerprint density at radius 2 is 1.62 bits per heavy atom. The number of amides is 3. The molecule has 2 aromatic carbocycles. The molecule has 0 radical (unpaired) electrons. The van der Waals surface area contributed by atoms with E-state index in [9.17, 15) is 22.8 Å². The van der Waals surface area contributed by atoms with E-state index in [4.69, 9.17) is 4.74 Å². The molecule has 0 spiro atoms. The van der Waals surface area contributed by atoms with Gasteiger partial charge in [0, 0.05) is 19.5 Å². The van der Waals surface area contributed by atoms with Crippen LogP contribution in [0.1, 0.15) is 29.7 Å². The number of nitrogens with one attached hydrogen (secondary N) is 2. The molecule has 1 saturated heterocycles. The Kier molecular flexibility index (Phi) is 7.74. The molecule has 3 rings (SSSR count). The van der Waals surface area contributed by atoms with Crippen molar-refractivity contribution in [2.45, 2.75) is 31.6 Å². The SMILES string of the molecule is C[C@H](NC(=O)NC(Cc1ccccc1)C(=O)N1CCOCC1)c1ccc(C(F)(F)F)cc1. The van der Waals surface area contributed by atoms with Gasteiger partial charge in [0.2, 0.25) is 5.91 Å². The third-order valence-electron chi connectivity index (χ3n) is 5.29. The molecule has 0 saturated carbocycles. The molecule has 1 unspecified atom stereocenters. The summed E-state index contributed by atoms with van der Waals surface area (Å²) in [5, 5.41) is 5.44. The summed E-state index contributed by atoms with van der Waals surface area (Å²) in [5.41, 5.74) is 0.666. The zero-order valence-electron chi connectivity index (χ0n) is 17.7. The van der Waals surface area contributed by atoms with Crippen molar-refractivity contribution in [3.8, 4) is 0 Å². The van der Waals surface area contributed by atoms with Crippen molar-refractivity contribution in [1.29, 1.82) is 0 Å². The van der Waals surface area contributed by atoms with Gasteiger partial charge in [0.1, 0.15) is 6.04 Å². The lowest BCUT2D eigenvalue weighted by Crippen LogP contribution is -2.54. The molecule has 1 fully saturated rings. The molecule has 2 N–H and O–H groups in total. The zero-order valence-corrected chi connectivity index (χ0v) is 17.7. The first-order valence-electron chi connectivity index (χ1n) is 10.4. The monoisotopic (exact) mass is 449 g/mol. The van der Waals surface area contributed by atoms with Gasteiger partial charge in [-0.25, -0.2) is 4.79 Å². The number of benzene rings is 2. The van der Waals surface area contributed by atoms with Crippen LogP contribution in [-0.4, -0.2) is 49.2 Å². The minimum atomic E-state index is -4.42. The molecule has 1 aliphatic rings. The van der Waals surface area contributed by atoms with Gasteiger partial charge in [-0.1, -0.05) is 42.5 Å². The fraction of sp³-hybridized carbons (Fsp3) is 0.391. The number of carbonyl (C=O) groups is 2. The van der Waals surface area contributed by atoms with Crippen LogP contribution in [0.2, 0.25) is 0 Å². The minimum Gasteiger partial charge on any atom is -0.378 e. The second-order valence-electron chi connectivity index (χ2n) is 7.64. The zero-order chi connectivity index (χ0) is 23.1. The van der Waals surface area contributed by atoms with E-state index in [1.807, 2.05) is 30.3 Å². The molecule has 1 heterocycles. The number of rotatable bonds is 6. The summed E-state index contributed by atoms with van der Waals surface area (Å²) in [6.45, 7) is 3.46. The third kappa shape index (κ3) is 6.46. The first kappa shape index (κ1) is 23.6. The molecule has 0 bridgehead atoms. The summed E-state index contributed by atoms with van der Waals surface area (Å²) in [6.07, 6.45) is -4.10. The van der Waals surface area contributed by atoms with Crippen molar-refractivity contribution in [1.82, 2.24) is 15.5 Å². The molecule has 1 aliphatic heterocycles. The summed E-state index contributed by atoms with van der Waals surface area (Å²) in [6, 6.07) is 12.1. The summed E-state index contributed by atoms with van der Waals surface area (Å²) < 4.78 is 43.6. The number of halogens is 3. The Balaban J connectivity index is 1.66. The standard InChI is InChI=1S/C23H26F3N3O3/c1-16(18-7-9-19(10-8-18)23(24,25)26)27-22(31)28-20(15-17-5-3-2-4-6-17)21(30)29-11-13-32-14-12-29/h2-10,16,20H,11-15H2,1H3,(H2,27,28,31)/t16-,20?/m0/s1. The van der Waals surface area contributed by atoms with Crippen LogP contribution in [0.3, 0.4) is 0 Å². The van der Waals surface area contributed by atoms with E-state index >= 15 is 0 Å².